The van der Waals surface area contributed by atoms with Crippen molar-refractivity contribution in [1.29, 1.82) is 0 Å². The van der Waals surface area contributed by atoms with Gasteiger partial charge in [0.2, 0.25) is 5.82 Å². The Kier molecular flexibility index (Phi) is 3.82. The van der Waals surface area contributed by atoms with E-state index < -0.39 is 12.0 Å². The van der Waals surface area contributed by atoms with E-state index in [1.54, 1.807) is 0 Å². The van der Waals surface area contributed by atoms with E-state index >= 15 is 0 Å². The van der Waals surface area contributed by atoms with Crippen LogP contribution in [0, 0.1) is 5.92 Å². The Morgan fingerprint density at radius 3 is 2.53 bits per heavy atom. The van der Waals surface area contributed by atoms with Gasteiger partial charge in [0.1, 0.15) is 5.82 Å². The summed E-state index contributed by atoms with van der Waals surface area (Å²) in [4.78, 5) is 2.10. The van der Waals surface area contributed by atoms with Gasteiger partial charge in [-0.1, -0.05) is 6.92 Å². The maximum atomic E-state index is 12.7. The molecule has 0 fully saturated rings. The van der Waals surface area contributed by atoms with Gasteiger partial charge in [-0.25, -0.2) is 0 Å². The number of aromatic nitrogens is 3. The second-order valence-corrected chi connectivity index (χ2v) is 5.01. The Labute approximate surface area is 109 Å². The molecule has 5 nitrogen and oxygen atoms in total. The van der Waals surface area contributed by atoms with Crippen LogP contribution >= 0.6 is 0 Å². The lowest BCUT2D eigenvalue weighted by atomic mass is 10.0. The van der Waals surface area contributed by atoms with Crippen LogP contribution in [0.3, 0.4) is 0 Å². The summed E-state index contributed by atoms with van der Waals surface area (Å²) in [6.07, 6.45) is -4.44. The fourth-order valence-electron chi connectivity index (χ4n) is 2.29. The number of hydrogen-bond acceptors (Lipinski definition) is 4. The molecule has 1 aromatic heterocycles. The number of nitrogens with two attached hydrogens (primary N) is 1. The normalized spacial score (nSPS) is 20.1. The average molecular weight is 277 g/mol. The van der Waals surface area contributed by atoms with E-state index in [1.165, 1.54) is 0 Å². The highest BCUT2D eigenvalue weighted by Gasteiger charge is 2.39. The molecular formula is C11H18F3N5. The molecule has 0 radical (unpaired) electrons. The molecule has 0 bridgehead atoms. The lowest BCUT2D eigenvalue weighted by Gasteiger charge is -2.35. The van der Waals surface area contributed by atoms with Gasteiger partial charge in [-0.3, -0.25) is 4.90 Å². The van der Waals surface area contributed by atoms with Crippen molar-refractivity contribution < 1.29 is 13.2 Å². The Morgan fingerprint density at radius 1 is 1.26 bits per heavy atom. The third-order valence-corrected chi connectivity index (χ3v) is 3.81. The van der Waals surface area contributed by atoms with E-state index in [0.29, 0.717) is 25.5 Å². The van der Waals surface area contributed by atoms with E-state index in [-0.39, 0.29) is 18.5 Å². The molecule has 8 heteroatoms. The zero-order chi connectivity index (χ0) is 14.2. The first-order chi connectivity index (χ1) is 8.84. The summed E-state index contributed by atoms with van der Waals surface area (Å²) in [5.41, 5.74) is 5.63. The largest absolute Gasteiger partial charge is 0.451 e. The molecule has 0 amide bonds. The SMILES string of the molecule is CC(CN)C(C)N1CCn2c(nnc2C(F)(F)F)C1. The lowest BCUT2D eigenvalue weighted by molar-refractivity contribution is -0.148. The van der Waals surface area contributed by atoms with E-state index in [4.69, 9.17) is 5.73 Å². The third-order valence-electron chi connectivity index (χ3n) is 3.81. The zero-order valence-corrected chi connectivity index (χ0v) is 11.0. The molecule has 0 aromatic carbocycles. The van der Waals surface area contributed by atoms with E-state index in [0.717, 1.165) is 4.57 Å². The summed E-state index contributed by atoms with van der Waals surface area (Å²) in [5, 5.41) is 6.93. The Morgan fingerprint density at radius 2 is 1.95 bits per heavy atom. The van der Waals surface area contributed by atoms with Crippen LogP contribution < -0.4 is 5.73 Å². The fraction of sp³-hybridized carbons (Fsp3) is 0.818. The van der Waals surface area contributed by atoms with Crippen LogP contribution in [0.5, 0.6) is 0 Å². The molecule has 2 heterocycles. The van der Waals surface area contributed by atoms with Gasteiger partial charge in [-0.15, -0.1) is 10.2 Å². The van der Waals surface area contributed by atoms with Gasteiger partial charge in [-0.05, 0) is 19.4 Å². The Balaban J connectivity index is 2.16. The van der Waals surface area contributed by atoms with Gasteiger partial charge < -0.3 is 10.3 Å². The molecule has 2 unspecified atom stereocenters. The molecule has 1 aromatic rings. The highest BCUT2D eigenvalue weighted by atomic mass is 19.4. The van der Waals surface area contributed by atoms with Gasteiger partial charge in [-0.2, -0.15) is 13.2 Å². The van der Waals surface area contributed by atoms with Crippen LogP contribution in [0.1, 0.15) is 25.5 Å². The Hall–Kier alpha value is -1.15. The van der Waals surface area contributed by atoms with Crippen molar-refractivity contribution in [3.05, 3.63) is 11.6 Å². The summed E-state index contributed by atoms with van der Waals surface area (Å²) in [7, 11) is 0. The number of halogens is 3. The van der Waals surface area contributed by atoms with Gasteiger partial charge in [0.25, 0.3) is 0 Å². The summed E-state index contributed by atoms with van der Waals surface area (Å²) in [6.45, 7) is 5.82. The number of fused-ring (bicyclic) bond motifs is 1. The van der Waals surface area contributed by atoms with Crippen molar-refractivity contribution in [2.45, 2.75) is 39.2 Å². The maximum absolute atomic E-state index is 12.7. The van der Waals surface area contributed by atoms with Crippen LogP contribution in [0.4, 0.5) is 13.2 Å². The standard InChI is InChI=1S/C11H18F3N5/c1-7(5-15)8(2)18-3-4-19-9(6-18)16-17-10(19)11(12,13)14/h7-8H,3-6,15H2,1-2H3. The topological polar surface area (TPSA) is 60.0 Å². The number of alkyl halides is 3. The zero-order valence-electron chi connectivity index (χ0n) is 11.0. The second-order valence-electron chi connectivity index (χ2n) is 5.01. The van der Waals surface area contributed by atoms with Gasteiger partial charge >= 0.3 is 6.18 Å². The van der Waals surface area contributed by atoms with Crippen LogP contribution in [0.25, 0.3) is 0 Å². The molecule has 0 saturated heterocycles. The minimum Gasteiger partial charge on any atom is -0.330 e. The molecule has 1 aliphatic rings. The minimum absolute atomic E-state index is 0.213. The molecule has 0 aliphatic carbocycles. The van der Waals surface area contributed by atoms with Crippen molar-refractivity contribution in [1.82, 2.24) is 19.7 Å². The van der Waals surface area contributed by atoms with Gasteiger partial charge in [0.05, 0.1) is 6.54 Å². The third kappa shape index (κ3) is 2.74. The first-order valence-electron chi connectivity index (χ1n) is 6.28. The smallest absolute Gasteiger partial charge is 0.330 e. The molecular weight excluding hydrogens is 259 g/mol. The van der Waals surface area contributed by atoms with Gasteiger partial charge in [0.15, 0.2) is 0 Å². The number of hydrogen-bond donors (Lipinski definition) is 1. The molecule has 1 aliphatic heterocycles. The average Bonchev–Trinajstić information content (AvgIpc) is 2.79. The van der Waals surface area contributed by atoms with Crippen molar-refractivity contribution in [3.8, 4) is 0 Å². The fourth-order valence-corrected chi connectivity index (χ4v) is 2.29. The lowest BCUT2D eigenvalue weighted by Crippen LogP contribution is -2.44. The van der Waals surface area contributed by atoms with Crippen molar-refractivity contribution in [3.63, 3.8) is 0 Å². The predicted molar refractivity (Wildman–Crippen MR) is 63.1 cm³/mol. The highest BCUT2D eigenvalue weighted by Crippen LogP contribution is 2.30. The van der Waals surface area contributed by atoms with Crippen molar-refractivity contribution >= 4 is 0 Å². The summed E-state index contributed by atoms with van der Waals surface area (Å²) >= 11 is 0. The first-order valence-corrected chi connectivity index (χ1v) is 6.28. The minimum atomic E-state index is -4.44. The first kappa shape index (κ1) is 14.3. The number of rotatable bonds is 3. The molecule has 19 heavy (non-hydrogen) atoms. The quantitative estimate of drug-likeness (QED) is 0.898. The van der Waals surface area contributed by atoms with E-state index in [1.807, 2.05) is 13.8 Å². The summed E-state index contributed by atoms with van der Waals surface area (Å²) in [6, 6.07) is 0.213. The van der Waals surface area contributed by atoms with Crippen molar-refractivity contribution in [2.24, 2.45) is 11.7 Å². The predicted octanol–water partition coefficient (Wildman–Crippen LogP) is 1.10. The summed E-state index contributed by atoms with van der Waals surface area (Å²) < 4.78 is 39.2. The van der Waals surface area contributed by atoms with Crippen LogP contribution in [-0.2, 0) is 19.3 Å². The Bertz CT molecular complexity index is 442. The molecule has 0 saturated carbocycles. The monoisotopic (exact) mass is 277 g/mol. The van der Waals surface area contributed by atoms with Crippen LogP contribution in [0.15, 0.2) is 0 Å². The molecule has 2 rings (SSSR count). The number of nitrogens with zero attached hydrogens (tertiary/aromatic N) is 4. The highest BCUT2D eigenvalue weighted by molar-refractivity contribution is 5.02. The van der Waals surface area contributed by atoms with Crippen LogP contribution in [-0.4, -0.2) is 38.8 Å². The molecule has 2 N–H and O–H groups in total. The van der Waals surface area contributed by atoms with Crippen molar-refractivity contribution in [2.75, 3.05) is 13.1 Å². The van der Waals surface area contributed by atoms with Crippen LogP contribution in [0.2, 0.25) is 0 Å². The summed E-state index contributed by atoms with van der Waals surface area (Å²) in [5.74, 6) is -0.243. The van der Waals surface area contributed by atoms with E-state index in [9.17, 15) is 13.2 Å². The molecule has 2 atom stereocenters. The molecule has 108 valence electrons. The molecule has 0 spiro atoms. The maximum Gasteiger partial charge on any atom is 0.451 e. The van der Waals surface area contributed by atoms with Gasteiger partial charge in [0, 0.05) is 19.1 Å². The second kappa shape index (κ2) is 5.09. The van der Waals surface area contributed by atoms with E-state index in [2.05, 4.69) is 15.1 Å².